The van der Waals surface area contributed by atoms with Crippen molar-refractivity contribution in [2.75, 3.05) is 5.73 Å². The number of hydrogen-bond acceptors (Lipinski definition) is 2. The van der Waals surface area contributed by atoms with E-state index in [2.05, 4.69) is 21.0 Å². The van der Waals surface area contributed by atoms with Crippen LogP contribution in [0, 0.1) is 5.82 Å². The number of hydrogen-bond donors (Lipinski definition) is 1. The van der Waals surface area contributed by atoms with Gasteiger partial charge in [-0.25, -0.2) is 4.39 Å². The molecule has 0 atom stereocenters. The summed E-state index contributed by atoms with van der Waals surface area (Å²) in [6, 6.07) is 14.3. The molecule has 3 rings (SSSR count). The molecular weight excluding hydrogens is 333 g/mol. The summed E-state index contributed by atoms with van der Waals surface area (Å²) in [5.41, 5.74) is 9.17. The Morgan fingerprint density at radius 2 is 1.90 bits per heavy atom. The molecule has 0 saturated heterocycles. The molecule has 0 aliphatic carbocycles. The minimum absolute atomic E-state index is 0.249. The predicted octanol–water partition coefficient (Wildman–Crippen LogP) is 4.08. The van der Waals surface area contributed by atoms with Crippen molar-refractivity contribution in [1.82, 2.24) is 9.78 Å². The minimum atomic E-state index is -0.249. The van der Waals surface area contributed by atoms with Gasteiger partial charge in [0.05, 0.1) is 12.2 Å². The molecule has 0 fully saturated rings. The quantitative estimate of drug-likeness (QED) is 0.777. The normalized spacial score (nSPS) is 10.8. The molecule has 0 radical (unpaired) electrons. The number of aromatic nitrogens is 2. The first-order valence-electron chi connectivity index (χ1n) is 6.45. The fourth-order valence-electron chi connectivity index (χ4n) is 2.17. The van der Waals surface area contributed by atoms with Crippen molar-refractivity contribution >= 4 is 21.6 Å². The van der Waals surface area contributed by atoms with Gasteiger partial charge in [0.25, 0.3) is 0 Å². The van der Waals surface area contributed by atoms with E-state index in [0.29, 0.717) is 12.2 Å². The van der Waals surface area contributed by atoms with Crippen LogP contribution in [0.1, 0.15) is 5.56 Å². The topological polar surface area (TPSA) is 43.8 Å². The summed E-state index contributed by atoms with van der Waals surface area (Å²) in [5.74, 6) is -0.249. The number of halogens is 2. The summed E-state index contributed by atoms with van der Waals surface area (Å²) >= 11 is 3.40. The van der Waals surface area contributed by atoms with Gasteiger partial charge in [-0.2, -0.15) is 5.10 Å². The maximum Gasteiger partial charge on any atom is 0.123 e. The maximum atomic E-state index is 13.2. The Morgan fingerprint density at radius 1 is 1.14 bits per heavy atom. The second-order valence-electron chi connectivity index (χ2n) is 4.77. The van der Waals surface area contributed by atoms with E-state index in [1.54, 1.807) is 16.9 Å². The highest BCUT2D eigenvalue weighted by atomic mass is 79.9. The summed E-state index contributed by atoms with van der Waals surface area (Å²) in [5, 5.41) is 4.49. The van der Waals surface area contributed by atoms with Gasteiger partial charge >= 0.3 is 0 Å². The molecule has 3 aromatic rings. The van der Waals surface area contributed by atoms with Crippen molar-refractivity contribution in [2.45, 2.75) is 6.54 Å². The van der Waals surface area contributed by atoms with E-state index in [9.17, 15) is 4.39 Å². The standard InChI is InChI=1S/C16H13BrFN3/c17-13-6-4-12(5-7-13)16-15(19)10-21(20-16)9-11-2-1-3-14(18)8-11/h1-8,10H,9,19H2. The number of nitrogens with zero attached hydrogens (tertiary/aromatic N) is 2. The van der Waals surface area contributed by atoms with Gasteiger partial charge in [0, 0.05) is 16.2 Å². The molecule has 0 amide bonds. The lowest BCUT2D eigenvalue weighted by molar-refractivity contribution is 0.619. The van der Waals surface area contributed by atoms with Crippen LogP contribution < -0.4 is 5.73 Å². The number of anilines is 1. The third-order valence-corrected chi connectivity index (χ3v) is 3.67. The van der Waals surface area contributed by atoms with Crippen molar-refractivity contribution in [3.8, 4) is 11.3 Å². The first-order chi connectivity index (χ1) is 10.1. The highest BCUT2D eigenvalue weighted by Gasteiger charge is 2.09. The highest BCUT2D eigenvalue weighted by Crippen LogP contribution is 2.25. The Balaban J connectivity index is 1.89. The van der Waals surface area contributed by atoms with Gasteiger partial charge in [-0.3, -0.25) is 4.68 Å². The van der Waals surface area contributed by atoms with Crippen LogP contribution in [-0.4, -0.2) is 9.78 Å². The third-order valence-electron chi connectivity index (χ3n) is 3.14. The van der Waals surface area contributed by atoms with Crippen LogP contribution in [0.25, 0.3) is 11.3 Å². The highest BCUT2D eigenvalue weighted by molar-refractivity contribution is 9.10. The first kappa shape index (κ1) is 13.8. The zero-order valence-electron chi connectivity index (χ0n) is 11.1. The van der Waals surface area contributed by atoms with E-state index in [1.165, 1.54) is 12.1 Å². The molecular formula is C16H13BrFN3. The van der Waals surface area contributed by atoms with Gasteiger partial charge in [0.1, 0.15) is 11.5 Å². The number of benzene rings is 2. The van der Waals surface area contributed by atoms with Crippen molar-refractivity contribution in [2.24, 2.45) is 0 Å². The minimum Gasteiger partial charge on any atom is -0.396 e. The summed E-state index contributed by atoms with van der Waals surface area (Å²) in [4.78, 5) is 0. The predicted molar refractivity (Wildman–Crippen MR) is 85.3 cm³/mol. The van der Waals surface area contributed by atoms with E-state index < -0.39 is 0 Å². The van der Waals surface area contributed by atoms with Crippen LogP contribution in [0.15, 0.2) is 59.2 Å². The Bertz CT molecular complexity index is 765. The SMILES string of the molecule is Nc1cn(Cc2cccc(F)c2)nc1-c1ccc(Br)cc1. The molecule has 106 valence electrons. The van der Waals surface area contributed by atoms with E-state index in [0.717, 1.165) is 21.3 Å². The van der Waals surface area contributed by atoms with Crippen molar-refractivity contribution in [3.05, 3.63) is 70.6 Å². The second kappa shape index (κ2) is 5.69. The van der Waals surface area contributed by atoms with Gasteiger partial charge in [-0.1, -0.05) is 40.2 Å². The largest absolute Gasteiger partial charge is 0.396 e. The van der Waals surface area contributed by atoms with Crippen LogP contribution in [0.2, 0.25) is 0 Å². The smallest absolute Gasteiger partial charge is 0.123 e. The van der Waals surface area contributed by atoms with Gasteiger partial charge in [0.15, 0.2) is 0 Å². The fourth-order valence-corrected chi connectivity index (χ4v) is 2.44. The zero-order valence-corrected chi connectivity index (χ0v) is 12.7. The Morgan fingerprint density at radius 3 is 2.62 bits per heavy atom. The van der Waals surface area contributed by atoms with Gasteiger partial charge < -0.3 is 5.73 Å². The Kier molecular flexibility index (Phi) is 3.75. The second-order valence-corrected chi connectivity index (χ2v) is 5.68. The number of rotatable bonds is 3. The van der Waals surface area contributed by atoms with Crippen molar-refractivity contribution < 1.29 is 4.39 Å². The molecule has 0 aliphatic heterocycles. The summed E-state index contributed by atoms with van der Waals surface area (Å²) in [7, 11) is 0. The number of nitrogen functional groups attached to an aromatic ring is 1. The Labute approximate surface area is 130 Å². The van der Waals surface area contributed by atoms with Crippen molar-refractivity contribution in [1.29, 1.82) is 0 Å². The lowest BCUT2D eigenvalue weighted by Crippen LogP contribution is -2.00. The average Bonchev–Trinajstić information content (AvgIpc) is 2.80. The third kappa shape index (κ3) is 3.13. The summed E-state index contributed by atoms with van der Waals surface area (Å²) < 4.78 is 15.9. The monoisotopic (exact) mass is 345 g/mol. The summed E-state index contributed by atoms with van der Waals surface area (Å²) in [6.45, 7) is 0.485. The first-order valence-corrected chi connectivity index (χ1v) is 7.24. The average molecular weight is 346 g/mol. The molecule has 1 heterocycles. The fraction of sp³-hybridized carbons (Fsp3) is 0.0625. The lowest BCUT2D eigenvalue weighted by Gasteiger charge is -2.02. The molecule has 0 unspecified atom stereocenters. The molecule has 3 nitrogen and oxygen atoms in total. The van der Waals surface area contributed by atoms with Gasteiger partial charge in [-0.05, 0) is 29.8 Å². The number of nitrogens with two attached hydrogens (primary N) is 1. The molecule has 5 heteroatoms. The van der Waals surface area contributed by atoms with E-state index >= 15 is 0 Å². The molecule has 0 bridgehead atoms. The van der Waals surface area contributed by atoms with Gasteiger partial charge in [-0.15, -0.1) is 0 Å². The van der Waals surface area contributed by atoms with E-state index in [1.807, 2.05) is 30.3 Å². The zero-order chi connectivity index (χ0) is 14.8. The lowest BCUT2D eigenvalue weighted by atomic mass is 10.1. The van der Waals surface area contributed by atoms with Gasteiger partial charge in [0.2, 0.25) is 0 Å². The Hall–Kier alpha value is -2.14. The van der Waals surface area contributed by atoms with Crippen molar-refractivity contribution in [3.63, 3.8) is 0 Å². The molecule has 2 N–H and O–H groups in total. The van der Waals surface area contributed by atoms with E-state index in [4.69, 9.17) is 5.73 Å². The van der Waals surface area contributed by atoms with Crippen LogP contribution >= 0.6 is 15.9 Å². The molecule has 1 aromatic heterocycles. The molecule has 2 aromatic carbocycles. The van der Waals surface area contributed by atoms with Crippen LogP contribution in [0.4, 0.5) is 10.1 Å². The molecule has 0 spiro atoms. The molecule has 0 aliphatic rings. The van der Waals surface area contributed by atoms with E-state index in [-0.39, 0.29) is 5.82 Å². The van der Waals surface area contributed by atoms with Crippen LogP contribution in [-0.2, 0) is 6.54 Å². The molecule has 21 heavy (non-hydrogen) atoms. The van der Waals surface area contributed by atoms with Crippen LogP contribution in [0.5, 0.6) is 0 Å². The molecule has 0 saturated carbocycles. The van der Waals surface area contributed by atoms with Crippen LogP contribution in [0.3, 0.4) is 0 Å². The maximum absolute atomic E-state index is 13.2. The summed E-state index contributed by atoms with van der Waals surface area (Å²) in [6.07, 6.45) is 1.77.